The molecule has 1 aliphatic rings. The summed E-state index contributed by atoms with van der Waals surface area (Å²) in [4.78, 5) is 7.51. The third-order valence-corrected chi connectivity index (χ3v) is 8.61. The van der Waals surface area contributed by atoms with Crippen LogP contribution in [0.1, 0.15) is 25.0 Å². The minimum atomic E-state index is -0.109. The lowest BCUT2D eigenvalue weighted by molar-refractivity contribution is 0.631. The van der Waals surface area contributed by atoms with Crippen molar-refractivity contribution in [3.63, 3.8) is 0 Å². The molecule has 0 fully saturated rings. The summed E-state index contributed by atoms with van der Waals surface area (Å²) < 4.78 is 1.09. The van der Waals surface area contributed by atoms with Crippen molar-refractivity contribution in [3.8, 4) is 33.6 Å². The Kier molecular flexibility index (Phi) is 6.33. The van der Waals surface area contributed by atoms with Gasteiger partial charge in [0.1, 0.15) is 0 Å². The van der Waals surface area contributed by atoms with Crippen LogP contribution in [-0.2, 0) is 5.41 Å². The van der Waals surface area contributed by atoms with Crippen molar-refractivity contribution in [2.75, 3.05) is 4.90 Å². The van der Waals surface area contributed by atoms with Gasteiger partial charge in [0.2, 0.25) is 0 Å². The van der Waals surface area contributed by atoms with Crippen LogP contribution in [0.4, 0.5) is 17.1 Å². The summed E-state index contributed by atoms with van der Waals surface area (Å²) >= 11 is 3.71. The van der Waals surface area contributed by atoms with Gasteiger partial charge in [-0.2, -0.15) is 0 Å². The Morgan fingerprint density at radius 3 is 1.76 bits per heavy atom. The minimum Gasteiger partial charge on any atom is -0.310 e. The molecular weight excluding hydrogens is 564 g/mol. The first-order valence-corrected chi connectivity index (χ1v) is 14.7. The SMILES string of the molecule is CC1(C)c2ccccc2N(c2ccc(-c3cc(-c4ccccc4)cc(-c4ccccc4)n3)cc2)c2ccc(Br)cc21. The fourth-order valence-electron chi connectivity index (χ4n) is 5.97. The maximum Gasteiger partial charge on any atom is 0.0715 e. The molecule has 7 rings (SSSR count). The Morgan fingerprint density at radius 2 is 1.07 bits per heavy atom. The number of aromatic nitrogens is 1. The van der Waals surface area contributed by atoms with Crippen molar-refractivity contribution >= 4 is 33.0 Å². The largest absolute Gasteiger partial charge is 0.310 e. The van der Waals surface area contributed by atoms with Crippen molar-refractivity contribution in [2.45, 2.75) is 19.3 Å². The van der Waals surface area contributed by atoms with Crippen LogP contribution in [-0.4, -0.2) is 4.98 Å². The maximum atomic E-state index is 5.12. The Labute approximate surface area is 250 Å². The molecule has 2 heterocycles. The fourth-order valence-corrected chi connectivity index (χ4v) is 6.33. The highest BCUT2D eigenvalue weighted by molar-refractivity contribution is 9.10. The van der Waals surface area contributed by atoms with Gasteiger partial charge in [0.05, 0.1) is 22.8 Å². The first-order valence-electron chi connectivity index (χ1n) is 13.9. The van der Waals surface area contributed by atoms with Crippen LogP contribution in [0.15, 0.2) is 144 Å². The Hall–Kier alpha value is -4.47. The molecule has 0 amide bonds. The minimum absolute atomic E-state index is 0.109. The average molecular weight is 594 g/mol. The van der Waals surface area contributed by atoms with E-state index < -0.39 is 0 Å². The van der Waals surface area contributed by atoms with Gasteiger partial charge in [-0.05, 0) is 70.8 Å². The first kappa shape index (κ1) is 25.5. The highest BCUT2D eigenvalue weighted by atomic mass is 79.9. The summed E-state index contributed by atoms with van der Waals surface area (Å²) in [5.41, 5.74) is 12.5. The Morgan fingerprint density at radius 1 is 0.512 bits per heavy atom. The van der Waals surface area contributed by atoms with E-state index in [1.54, 1.807) is 0 Å². The third-order valence-electron chi connectivity index (χ3n) is 8.11. The fraction of sp³-hybridized carbons (Fsp3) is 0.0789. The Balaban J connectivity index is 1.34. The molecule has 0 radical (unpaired) electrons. The van der Waals surface area contributed by atoms with Crippen LogP contribution in [0, 0.1) is 0 Å². The van der Waals surface area contributed by atoms with E-state index >= 15 is 0 Å². The molecule has 1 aliphatic heterocycles. The van der Waals surface area contributed by atoms with Crippen molar-refractivity contribution in [1.29, 1.82) is 0 Å². The van der Waals surface area contributed by atoms with Gasteiger partial charge >= 0.3 is 0 Å². The standard InChI is InChI=1S/C38H29BrN2/c1-38(2)32-15-9-10-16-36(32)41(37-22-19-30(39)25-33(37)38)31-20-17-28(18-21-31)35-24-29(26-11-5-3-6-12-26)23-34(40-35)27-13-7-4-8-14-27/h3-25H,1-2H3. The summed E-state index contributed by atoms with van der Waals surface area (Å²) in [6.07, 6.45) is 0. The summed E-state index contributed by atoms with van der Waals surface area (Å²) in [6, 6.07) is 49.5. The first-order chi connectivity index (χ1) is 20.0. The number of nitrogens with zero attached hydrogens (tertiary/aromatic N) is 2. The van der Waals surface area contributed by atoms with E-state index in [1.807, 2.05) is 6.07 Å². The number of hydrogen-bond acceptors (Lipinski definition) is 2. The molecule has 198 valence electrons. The van der Waals surface area contributed by atoms with Gasteiger partial charge in [-0.3, -0.25) is 0 Å². The summed E-state index contributed by atoms with van der Waals surface area (Å²) in [5, 5.41) is 0. The predicted molar refractivity (Wildman–Crippen MR) is 175 cm³/mol. The van der Waals surface area contributed by atoms with E-state index in [0.717, 1.165) is 38.2 Å². The van der Waals surface area contributed by atoms with Crippen molar-refractivity contribution in [2.24, 2.45) is 0 Å². The van der Waals surface area contributed by atoms with Crippen LogP contribution in [0.25, 0.3) is 33.6 Å². The van der Waals surface area contributed by atoms with Gasteiger partial charge in [0, 0.05) is 26.7 Å². The van der Waals surface area contributed by atoms with Crippen molar-refractivity contribution < 1.29 is 0 Å². The number of halogens is 1. The molecule has 41 heavy (non-hydrogen) atoms. The third kappa shape index (κ3) is 4.57. The zero-order valence-electron chi connectivity index (χ0n) is 23.1. The second-order valence-corrected chi connectivity index (χ2v) is 12.0. The van der Waals surface area contributed by atoms with Crippen LogP contribution >= 0.6 is 15.9 Å². The number of anilines is 3. The van der Waals surface area contributed by atoms with Crippen molar-refractivity contribution in [1.82, 2.24) is 4.98 Å². The number of hydrogen-bond donors (Lipinski definition) is 0. The highest BCUT2D eigenvalue weighted by Gasteiger charge is 2.36. The van der Waals surface area contributed by atoms with E-state index in [2.05, 4.69) is 168 Å². The monoisotopic (exact) mass is 592 g/mol. The molecule has 0 aliphatic carbocycles. The molecule has 0 bridgehead atoms. The van der Waals surface area contributed by atoms with Crippen LogP contribution in [0.2, 0.25) is 0 Å². The van der Waals surface area contributed by atoms with E-state index in [1.165, 1.54) is 28.1 Å². The zero-order chi connectivity index (χ0) is 28.0. The lowest BCUT2D eigenvalue weighted by atomic mass is 9.73. The molecule has 0 saturated heterocycles. The Bertz CT molecular complexity index is 1800. The molecule has 0 saturated carbocycles. The van der Waals surface area contributed by atoms with E-state index in [-0.39, 0.29) is 5.41 Å². The second kappa shape index (κ2) is 10.2. The van der Waals surface area contributed by atoms with Gasteiger partial charge in [0.25, 0.3) is 0 Å². The second-order valence-electron chi connectivity index (χ2n) is 11.0. The molecule has 0 N–H and O–H groups in total. The number of benzene rings is 5. The number of fused-ring (bicyclic) bond motifs is 2. The van der Waals surface area contributed by atoms with Crippen LogP contribution in [0.5, 0.6) is 0 Å². The van der Waals surface area contributed by atoms with Crippen molar-refractivity contribution in [3.05, 3.63) is 155 Å². The van der Waals surface area contributed by atoms with E-state index in [4.69, 9.17) is 4.98 Å². The maximum absolute atomic E-state index is 5.12. The topological polar surface area (TPSA) is 16.1 Å². The summed E-state index contributed by atoms with van der Waals surface area (Å²) in [5.74, 6) is 0. The average Bonchev–Trinajstić information content (AvgIpc) is 3.02. The molecular formula is C38H29BrN2. The van der Waals surface area contributed by atoms with Crippen LogP contribution in [0.3, 0.4) is 0 Å². The van der Waals surface area contributed by atoms with Gasteiger partial charge in [-0.25, -0.2) is 4.98 Å². The summed E-state index contributed by atoms with van der Waals surface area (Å²) in [7, 11) is 0. The highest BCUT2D eigenvalue weighted by Crippen LogP contribution is 2.52. The van der Waals surface area contributed by atoms with Gasteiger partial charge in [0.15, 0.2) is 0 Å². The lowest BCUT2D eigenvalue weighted by Crippen LogP contribution is -2.30. The summed E-state index contributed by atoms with van der Waals surface area (Å²) in [6.45, 7) is 4.63. The zero-order valence-corrected chi connectivity index (χ0v) is 24.6. The molecule has 2 nitrogen and oxygen atoms in total. The molecule has 0 unspecified atom stereocenters. The quantitative estimate of drug-likeness (QED) is 0.202. The molecule has 0 spiro atoms. The van der Waals surface area contributed by atoms with E-state index in [0.29, 0.717) is 0 Å². The number of para-hydroxylation sites is 1. The van der Waals surface area contributed by atoms with E-state index in [9.17, 15) is 0 Å². The smallest absolute Gasteiger partial charge is 0.0715 e. The van der Waals surface area contributed by atoms with Gasteiger partial charge in [-0.15, -0.1) is 0 Å². The molecule has 3 heteroatoms. The van der Waals surface area contributed by atoms with Gasteiger partial charge < -0.3 is 4.90 Å². The van der Waals surface area contributed by atoms with Crippen LogP contribution < -0.4 is 4.90 Å². The molecule has 0 atom stereocenters. The van der Waals surface area contributed by atoms with Gasteiger partial charge in [-0.1, -0.05) is 121 Å². The normalized spacial score (nSPS) is 13.4. The lowest BCUT2D eigenvalue weighted by Gasteiger charge is -2.42. The molecule has 1 aromatic heterocycles. The molecule has 5 aromatic carbocycles. The predicted octanol–water partition coefficient (Wildman–Crippen LogP) is 11.0. The number of pyridine rings is 1. The number of rotatable bonds is 4. The molecule has 6 aromatic rings.